The zero-order valence-corrected chi connectivity index (χ0v) is 10.1. The average Bonchev–Trinajstić information content (AvgIpc) is 2.41. The van der Waals surface area contributed by atoms with Gasteiger partial charge in [0.1, 0.15) is 5.69 Å². The van der Waals surface area contributed by atoms with Crippen LogP contribution in [0.25, 0.3) is 0 Å². The van der Waals surface area contributed by atoms with Crippen LogP contribution in [0.4, 0.5) is 5.69 Å². The predicted octanol–water partition coefficient (Wildman–Crippen LogP) is 1.74. The van der Waals surface area contributed by atoms with E-state index < -0.39 is 11.9 Å². The van der Waals surface area contributed by atoms with E-state index >= 15 is 0 Å². The van der Waals surface area contributed by atoms with Gasteiger partial charge in [0, 0.05) is 12.4 Å². The van der Waals surface area contributed by atoms with E-state index in [9.17, 15) is 9.59 Å². The van der Waals surface area contributed by atoms with Gasteiger partial charge in [0.2, 0.25) is 0 Å². The second kappa shape index (κ2) is 5.26. The highest BCUT2D eigenvalue weighted by Crippen LogP contribution is 2.18. The topological polar surface area (TPSA) is 92.2 Å². The second-order valence-electron chi connectivity index (χ2n) is 3.90. The highest BCUT2D eigenvalue weighted by Gasteiger charge is 2.14. The third-order valence-electron chi connectivity index (χ3n) is 2.45. The number of nitrogens with zero attached hydrogens (tertiary/aromatic N) is 2. The molecule has 96 valence electrons. The molecule has 0 radical (unpaired) electrons. The van der Waals surface area contributed by atoms with Crippen LogP contribution in [0.2, 0.25) is 0 Å². The standard InChI is InChI=1S/C13H11N3O3/c1-8-2-3-10(9(6-8)13(18)19)16-12(17)11-7-14-4-5-15-11/h2-7H,1H3,(H,16,17)(H,18,19). The summed E-state index contributed by atoms with van der Waals surface area (Å²) in [6, 6.07) is 4.76. The summed E-state index contributed by atoms with van der Waals surface area (Å²) in [6.07, 6.45) is 4.15. The van der Waals surface area contributed by atoms with Crippen LogP contribution in [0.5, 0.6) is 0 Å². The number of aryl methyl sites for hydroxylation is 1. The number of nitrogens with one attached hydrogen (secondary N) is 1. The van der Waals surface area contributed by atoms with Crippen LogP contribution in [0.1, 0.15) is 26.4 Å². The van der Waals surface area contributed by atoms with Gasteiger partial charge in [-0.05, 0) is 19.1 Å². The van der Waals surface area contributed by atoms with Crippen LogP contribution in [0, 0.1) is 6.92 Å². The van der Waals surface area contributed by atoms with Crippen LogP contribution in [-0.2, 0) is 0 Å². The van der Waals surface area contributed by atoms with Crippen molar-refractivity contribution in [2.75, 3.05) is 5.32 Å². The molecule has 1 aromatic heterocycles. The van der Waals surface area contributed by atoms with Gasteiger partial charge >= 0.3 is 5.97 Å². The van der Waals surface area contributed by atoms with Gasteiger partial charge in [-0.2, -0.15) is 0 Å². The summed E-state index contributed by atoms with van der Waals surface area (Å²) < 4.78 is 0. The lowest BCUT2D eigenvalue weighted by Crippen LogP contribution is -2.16. The first-order valence-electron chi connectivity index (χ1n) is 5.49. The number of carbonyl (C=O) groups excluding carboxylic acids is 1. The van der Waals surface area contributed by atoms with Crippen molar-refractivity contribution in [2.45, 2.75) is 6.92 Å². The number of hydrogen-bond acceptors (Lipinski definition) is 4. The van der Waals surface area contributed by atoms with Crippen molar-refractivity contribution in [3.8, 4) is 0 Å². The minimum atomic E-state index is -1.10. The maximum Gasteiger partial charge on any atom is 0.337 e. The minimum absolute atomic E-state index is 0.0391. The molecule has 0 saturated carbocycles. The fraction of sp³-hybridized carbons (Fsp3) is 0.0769. The number of aromatic carboxylic acids is 1. The number of rotatable bonds is 3. The van der Waals surface area contributed by atoms with E-state index in [2.05, 4.69) is 15.3 Å². The van der Waals surface area contributed by atoms with E-state index in [4.69, 9.17) is 5.11 Å². The molecular formula is C13H11N3O3. The number of benzene rings is 1. The molecule has 0 spiro atoms. The highest BCUT2D eigenvalue weighted by molar-refractivity contribution is 6.06. The number of carboxylic acid groups (broad SMARTS) is 1. The Morgan fingerprint density at radius 1 is 1.26 bits per heavy atom. The molecule has 2 aromatic rings. The SMILES string of the molecule is Cc1ccc(NC(=O)c2cnccn2)c(C(=O)O)c1. The molecule has 0 aliphatic rings. The fourth-order valence-corrected chi connectivity index (χ4v) is 1.55. The Hall–Kier alpha value is -2.76. The van der Waals surface area contributed by atoms with E-state index in [0.717, 1.165) is 5.56 Å². The summed E-state index contributed by atoms with van der Waals surface area (Å²) in [6.45, 7) is 1.78. The minimum Gasteiger partial charge on any atom is -0.478 e. The summed E-state index contributed by atoms with van der Waals surface area (Å²) in [5, 5.41) is 11.6. The molecule has 0 atom stereocenters. The van der Waals surface area contributed by atoms with Gasteiger partial charge in [-0.1, -0.05) is 11.6 Å². The van der Waals surface area contributed by atoms with Crippen molar-refractivity contribution in [3.05, 3.63) is 53.6 Å². The Kier molecular flexibility index (Phi) is 3.51. The Labute approximate surface area is 109 Å². The van der Waals surface area contributed by atoms with Gasteiger partial charge in [-0.3, -0.25) is 9.78 Å². The summed E-state index contributed by atoms with van der Waals surface area (Å²) in [5.74, 6) is -1.60. The molecule has 6 heteroatoms. The number of carboxylic acids is 1. The van der Waals surface area contributed by atoms with Crippen LogP contribution in [0.3, 0.4) is 0 Å². The van der Waals surface area contributed by atoms with E-state index in [1.165, 1.54) is 24.7 Å². The van der Waals surface area contributed by atoms with E-state index in [0.29, 0.717) is 0 Å². The first-order valence-corrected chi connectivity index (χ1v) is 5.49. The molecule has 6 nitrogen and oxygen atoms in total. The Balaban J connectivity index is 2.29. The summed E-state index contributed by atoms with van der Waals surface area (Å²) in [4.78, 5) is 30.6. The van der Waals surface area contributed by atoms with Crippen molar-refractivity contribution in [1.82, 2.24) is 9.97 Å². The first kappa shape index (κ1) is 12.7. The predicted molar refractivity (Wildman–Crippen MR) is 68.1 cm³/mol. The molecule has 1 aromatic carbocycles. The quantitative estimate of drug-likeness (QED) is 0.873. The molecule has 0 unspecified atom stereocenters. The molecule has 2 rings (SSSR count). The Morgan fingerprint density at radius 3 is 2.68 bits per heavy atom. The zero-order chi connectivity index (χ0) is 13.8. The van der Waals surface area contributed by atoms with Crippen LogP contribution < -0.4 is 5.32 Å². The van der Waals surface area contributed by atoms with Crippen molar-refractivity contribution < 1.29 is 14.7 Å². The largest absolute Gasteiger partial charge is 0.478 e. The lowest BCUT2D eigenvalue weighted by molar-refractivity contribution is 0.0698. The summed E-state index contributed by atoms with van der Waals surface area (Å²) in [7, 11) is 0. The van der Waals surface area contributed by atoms with Crippen LogP contribution >= 0.6 is 0 Å². The lowest BCUT2D eigenvalue weighted by Gasteiger charge is -2.08. The van der Waals surface area contributed by atoms with E-state index in [1.54, 1.807) is 19.1 Å². The lowest BCUT2D eigenvalue weighted by atomic mass is 10.1. The number of hydrogen-bond donors (Lipinski definition) is 2. The second-order valence-corrected chi connectivity index (χ2v) is 3.90. The highest BCUT2D eigenvalue weighted by atomic mass is 16.4. The molecule has 1 heterocycles. The van der Waals surface area contributed by atoms with Crippen LogP contribution in [-0.4, -0.2) is 27.0 Å². The normalized spacial score (nSPS) is 9.95. The van der Waals surface area contributed by atoms with Gasteiger partial charge in [-0.25, -0.2) is 9.78 Å². The zero-order valence-electron chi connectivity index (χ0n) is 10.1. The molecule has 0 fully saturated rings. The number of aromatic nitrogens is 2. The van der Waals surface area contributed by atoms with Gasteiger partial charge < -0.3 is 10.4 Å². The monoisotopic (exact) mass is 257 g/mol. The Morgan fingerprint density at radius 2 is 2.05 bits per heavy atom. The molecule has 1 amide bonds. The number of anilines is 1. The van der Waals surface area contributed by atoms with Gasteiger partial charge in [0.15, 0.2) is 0 Å². The maximum absolute atomic E-state index is 11.9. The summed E-state index contributed by atoms with van der Waals surface area (Å²) >= 11 is 0. The van der Waals surface area contributed by atoms with E-state index in [-0.39, 0.29) is 16.9 Å². The van der Waals surface area contributed by atoms with Crippen LogP contribution in [0.15, 0.2) is 36.8 Å². The average molecular weight is 257 g/mol. The van der Waals surface area contributed by atoms with Crippen molar-refractivity contribution >= 4 is 17.6 Å². The molecule has 0 aliphatic heterocycles. The van der Waals surface area contributed by atoms with Gasteiger partial charge in [-0.15, -0.1) is 0 Å². The number of carbonyl (C=O) groups is 2. The molecular weight excluding hydrogens is 246 g/mol. The first-order chi connectivity index (χ1) is 9.08. The Bertz CT molecular complexity index is 626. The molecule has 2 N–H and O–H groups in total. The smallest absolute Gasteiger partial charge is 0.337 e. The fourth-order valence-electron chi connectivity index (χ4n) is 1.55. The number of amides is 1. The summed E-state index contributed by atoms with van der Waals surface area (Å²) in [5.41, 5.74) is 1.19. The molecule has 0 saturated heterocycles. The van der Waals surface area contributed by atoms with Gasteiger partial charge in [0.05, 0.1) is 17.4 Å². The maximum atomic E-state index is 11.9. The van der Waals surface area contributed by atoms with Crippen molar-refractivity contribution in [2.24, 2.45) is 0 Å². The third-order valence-corrected chi connectivity index (χ3v) is 2.45. The van der Waals surface area contributed by atoms with Crippen molar-refractivity contribution in [1.29, 1.82) is 0 Å². The van der Waals surface area contributed by atoms with Gasteiger partial charge in [0.25, 0.3) is 5.91 Å². The van der Waals surface area contributed by atoms with Crippen molar-refractivity contribution in [3.63, 3.8) is 0 Å². The molecule has 0 aliphatic carbocycles. The molecule has 19 heavy (non-hydrogen) atoms. The molecule has 0 bridgehead atoms. The third kappa shape index (κ3) is 2.92. The van der Waals surface area contributed by atoms with E-state index in [1.807, 2.05) is 0 Å².